The smallest absolute Gasteiger partial charge is 0.254 e. The van der Waals surface area contributed by atoms with Crippen molar-refractivity contribution in [2.24, 2.45) is 0 Å². The van der Waals surface area contributed by atoms with Gasteiger partial charge in [0.15, 0.2) is 0 Å². The van der Waals surface area contributed by atoms with Crippen LogP contribution in [0.1, 0.15) is 66.9 Å². The van der Waals surface area contributed by atoms with Gasteiger partial charge in [-0.3, -0.25) is 4.79 Å². The van der Waals surface area contributed by atoms with E-state index in [1.54, 1.807) is 11.8 Å². The van der Waals surface area contributed by atoms with Gasteiger partial charge in [0.25, 0.3) is 5.91 Å². The number of hydrogen-bond acceptors (Lipinski definition) is 3. The highest BCUT2D eigenvalue weighted by molar-refractivity contribution is 7.98. The van der Waals surface area contributed by atoms with Crippen molar-refractivity contribution in [2.75, 3.05) is 0 Å². The summed E-state index contributed by atoms with van der Waals surface area (Å²) in [5.41, 5.74) is 3.24. The first-order valence-electron chi connectivity index (χ1n) is 12.5. The number of halogens is 1. The third-order valence-electron chi connectivity index (χ3n) is 7.16. The summed E-state index contributed by atoms with van der Waals surface area (Å²) in [7, 11) is 0. The lowest BCUT2D eigenvalue weighted by atomic mass is 9.97. The fraction of sp³-hybridized carbons (Fsp3) is 0.367. The first-order chi connectivity index (χ1) is 17.0. The van der Waals surface area contributed by atoms with E-state index < -0.39 is 0 Å². The van der Waals surface area contributed by atoms with E-state index >= 15 is 0 Å². The molecule has 0 saturated carbocycles. The maximum absolute atomic E-state index is 13.5. The third kappa shape index (κ3) is 5.54. The number of carbonyl (C=O) groups is 1. The monoisotopic (exact) mass is 505 g/mol. The Balaban J connectivity index is 1.21. The highest BCUT2D eigenvalue weighted by Gasteiger charge is 2.44. The molecule has 0 spiro atoms. The van der Waals surface area contributed by atoms with Crippen LogP contribution in [0, 0.1) is 0 Å². The second-order valence-corrected chi connectivity index (χ2v) is 11.4. The molecule has 0 radical (unpaired) electrons. The number of rotatable bonds is 7. The number of benzene rings is 3. The fourth-order valence-corrected chi connectivity index (χ4v) is 6.58. The minimum atomic E-state index is 0.160. The van der Waals surface area contributed by atoms with E-state index in [1.165, 1.54) is 11.1 Å². The zero-order valence-corrected chi connectivity index (χ0v) is 21.9. The first kappa shape index (κ1) is 24.3. The lowest BCUT2D eigenvalue weighted by Crippen LogP contribution is -2.49. The molecule has 3 aromatic rings. The molecule has 2 aliphatic heterocycles. The van der Waals surface area contributed by atoms with Gasteiger partial charge < -0.3 is 9.64 Å². The molecule has 35 heavy (non-hydrogen) atoms. The molecule has 3 nitrogen and oxygen atoms in total. The third-order valence-corrected chi connectivity index (χ3v) is 8.46. The molecule has 0 N–H and O–H groups in total. The van der Waals surface area contributed by atoms with E-state index in [-0.39, 0.29) is 24.1 Å². The van der Waals surface area contributed by atoms with E-state index in [0.717, 1.165) is 52.7 Å². The van der Waals surface area contributed by atoms with E-state index in [2.05, 4.69) is 55.1 Å². The van der Waals surface area contributed by atoms with Crippen molar-refractivity contribution in [3.05, 3.63) is 94.5 Å². The minimum Gasteiger partial charge on any atom is -0.490 e. The SMILES string of the molecule is CC(C)c1ccccc1OC1CC2CCC(C1)N2C(=O)c1ccc(CSc2cccc(Cl)c2)cc1. The summed E-state index contributed by atoms with van der Waals surface area (Å²) in [5.74, 6) is 2.43. The zero-order chi connectivity index (χ0) is 24.4. The standard InChI is InChI=1S/C30H32ClNO2S/c1-20(2)28-8-3-4-9-29(28)34-26-17-24-14-15-25(18-26)32(24)30(33)22-12-10-21(11-13-22)19-35-27-7-5-6-23(31)16-27/h3-13,16,20,24-26H,14-15,17-19H2,1-2H3. The average Bonchev–Trinajstić information content (AvgIpc) is 3.13. The van der Waals surface area contributed by atoms with Crippen LogP contribution in [0.25, 0.3) is 0 Å². The molecule has 2 atom stereocenters. The van der Waals surface area contributed by atoms with Crippen LogP contribution in [0.2, 0.25) is 5.02 Å². The highest BCUT2D eigenvalue weighted by Crippen LogP contribution is 2.39. The average molecular weight is 506 g/mol. The number of hydrogen-bond donors (Lipinski definition) is 0. The van der Waals surface area contributed by atoms with E-state index in [9.17, 15) is 4.79 Å². The molecule has 2 heterocycles. The van der Waals surface area contributed by atoms with Gasteiger partial charge in [0, 0.05) is 46.2 Å². The van der Waals surface area contributed by atoms with E-state index in [0.29, 0.717) is 5.92 Å². The Labute approximate surface area is 217 Å². The number of thioether (sulfide) groups is 1. The molecular weight excluding hydrogens is 474 g/mol. The van der Waals surface area contributed by atoms with Crippen LogP contribution in [0.4, 0.5) is 0 Å². The highest BCUT2D eigenvalue weighted by atomic mass is 35.5. The number of nitrogens with zero attached hydrogens (tertiary/aromatic N) is 1. The lowest BCUT2D eigenvalue weighted by Gasteiger charge is -2.39. The molecular formula is C30H32ClNO2S. The number of piperidine rings is 1. The van der Waals surface area contributed by atoms with Crippen LogP contribution in [0.5, 0.6) is 5.75 Å². The number of ether oxygens (including phenoxy) is 1. The minimum absolute atomic E-state index is 0.160. The summed E-state index contributed by atoms with van der Waals surface area (Å²) >= 11 is 7.84. The fourth-order valence-electron chi connectivity index (χ4n) is 5.42. The number of para-hydroxylation sites is 1. The van der Waals surface area contributed by atoms with Crippen molar-refractivity contribution in [3.63, 3.8) is 0 Å². The van der Waals surface area contributed by atoms with Crippen LogP contribution in [0.15, 0.2) is 77.7 Å². The van der Waals surface area contributed by atoms with Crippen LogP contribution in [0.3, 0.4) is 0 Å². The molecule has 3 aromatic carbocycles. The van der Waals surface area contributed by atoms with E-state index in [1.807, 2.05) is 36.4 Å². The predicted molar refractivity (Wildman–Crippen MR) is 145 cm³/mol. The summed E-state index contributed by atoms with van der Waals surface area (Å²) < 4.78 is 6.50. The van der Waals surface area contributed by atoms with Crippen LogP contribution in [-0.4, -0.2) is 29.0 Å². The topological polar surface area (TPSA) is 29.5 Å². The molecule has 1 amide bonds. The van der Waals surface area contributed by atoms with Crippen molar-refractivity contribution in [2.45, 2.75) is 74.3 Å². The first-order valence-corrected chi connectivity index (χ1v) is 13.9. The summed E-state index contributed by atoms with van der Waals surface area (Å²) in [6.45, 7) is 4.41. The number of carbonyl (C=O) groups excluding carboxylic acids is 1. The van der Waals surface area contributed by atoms with Gasteiger partial charge in [0.05, 0.1) is 0 Å². The van der Waals surface area contributed by atoms with Gasteiger partial charge in [0.1, 0.15) is 11.9 Å². The van der Waals surface area contributed by atoms with Crippen LogP contribution in [-0.2, 0) is 5.75 Å². The molecule has 2 aliphatic rings. The van der Waals surface area contributed by atoms with Crippen molar-refractivity contribution in [1.29, 1.82) is 0 Å². The van der Waals surface area contributed by atoms with Gasteiger partial charge in [0.2, 0.25) is 0 Å². The Bertz CT molecular complexity index is 1160. The summed E-state index contributed by atoms with van der Waals surface area (Å²) in [6, 6.07) is 24.9. The molecule has 2 unspecified atom stereocenters. The summed E-state index contributed by atoms with van der Waals surface area (Å²) in [6.07, 6.45) is 4.11. The zero-order valence-electron chi connectivity index (χ0n) is 20.3. The largest absolute Gasteiger partial charge is 0.490 e. The lowest BCUT2D eigenvalue weighted by molar-refractivity contribution is 0.0356. The quantitative estimate of drug-likeness (QED) is 0.305. The Kier molecular flexibility index (Phi) is 7.40. The van der Waals surface area contributed by atoms with Gasteiger partial charge in [-0.05, 0) is 66.3 Å². The molecule has 2 saturated heterocycles. The van der Waals surface area contributed by atoms with Crippen LogP contribution >= 0.6 is 23.4 Å². The molecule has 5 heteroatoms. The number of fused-ring (bicyclic) bond motifs is 2. The van der Waals surface area contributed by atoms with E-state index in [4.69, 9.17) is 16.3 Å². The Morgan fingerprint density at radius 3 is 2.40 bits per heavy atom. The maximum Gasteiger partial charge on any atom is 0.254 e. The van der Waals surface area contributed by atoms with Crippen LogP contribution < -0.4 is 4.74 Å². The summed E-state index contributed by atoms with van der Waals surface area (Å²) in [5, 5.41) is 0.754. The van der Waals surface area contributed by atoms with Crippen molar-refractivity contribution >= 4 is 29.3 Å². The predicted octanol–water partition coefficient (Wildman–Crippen LogP) is 7.97. The maximum atomic E-state index is 13.5. The second kappa shape index (κ2) is 10.7. The van der Waals surface area contributed by atoms with Gasteiger partial charge in [-0.1, -0.05) is 61.8 Å². The van der Waals surface area contributed by atoms with Gasteiger partial charge in [-0.2, -0.15) is 0 Å². The molecule has 2 bridgehead atoms. The Morgan fingerprint density at radius 2 is 1.71 bits per heavy atom. The molecule has 2 fully saturated rings. The van der Waals surface area contributed by atoms with Crippen molar-refractivity contribution < 1.29 is 9.53 Å². The van der Waals surface area contributed by atoms with Crippen molar-refractivity contribution in [3.8, 4) is 5.75 Å². The molecule has 0 aliphatic carbocycles. The molecule has 0 aromatic heterocycles. The van der Waals surface area contributed by atoms with Gasteiger partial charge in [-0.25, -0.2) is 0 Å². The van der Waals surface area contributed by atoms with Crippen molar-refractivity contribution in [1.82, 2.24) is 4.90 Å². The molecule has 5 rings (SSSR count). The Hall–Kier alpha value is -2.43. The normalized spacial score (nSPS) is 21.4. The Morgan fingerprint density at radius 1 is 1.00 bits per heavy atom. The van der Waals surface area contributed by atoms with Gasteiger partial charge >= 0.3 is 0 Å². The second-order valence-electron chi connectivity index (χ2n) is 9.94. The number of amides is 1. The van der Waals surface area contributed by atoms with Gasteiger partial charge in [-0.15, -0.1) is 11.8 Å². The summed E-state index contributed by atoms with van der Waals surface area (Å²) in [4.78, 5) is 16.8. The molecule has 182 valence electrons.